The van der Waals surface area contributed by atoms with Crippen molar-refractivity contribution < 1.29 is 38.1 Å². The van der Waals surface area contributed by atoms with E-state index in [1.54, 1.807) is 31.2 Å². The average Bonchev–Trinajstić information content (AvgIpc) is 3.16. The lowest BCUT2D eigenvalue weighted by Gasteiger charge is -2.52. The minimum Gasteiger partial charge on any atom is -0.497 e. The Hall–Kier alpha value is -3.40. The molecule has 10 heteroatoms. The Labute approximate surface area is 191 Å². The van der Waals surface area contributed by atoms with Gasteiger partial charge in [-0.25, -0.2) is 4.79 Å². The second-order valence-electron chi connectivity index (χ2n) is 8.35. The normalized spacial score (nSPS) is 31.9. The first-order valence-electron chi connectivity index (χ1n) is 10.5. The summed E-state index contributed by atoms with van der Waals surface area (Å²) in [5.41, 5.74) is -0.876. The molecule has 0 aromatic heterocycles. The summed E-state index contributed by atoms with van der Waals surface area (Å²) in [5.74, 6) is -2.28. The Bertz CT molecular complexity index is 1010. The molecule has 2 amide bonds. The number of carbonyl (C=O) groups excluding carboxylic acids is 4. The van der Waals surface area contributed by atoms with Crippen LogP contribution in [-0.2, 0) is 33.4 Å². The molecular formula is C23H26N2O8. The second-order valence-corrected chi connectivity index (χ2v) is 8.35. The molecule has 1 aromatic rings. The molecule has 0 radical (unpaired) electrons. The van der Waals surface area contributed by atoms with Gasteiger partial charge < -0.3 is 28.7 Å². The number of hydrogen-bond acceptors (Lipinski definition) is 8. The predicted molar refractivity (Wildman–Crippen MR) is 114 cm³/mol. The molecule has 0 aliphatic carbocycles. The Morgan fingerprint density at radius 1 is 1.06 bits per heavy atom. The van der Waals surface area contributed by atoms with Gasteiger partial charge in [0, 0.05) is 11.8 Å². The van der Waals surface area contributed by atoms with Crippen LogP contribution in [0.25, 0.3) is 0 Å². The van der Waals surface area contributed by atoms with Crippen LogP contribution >= 0.6 is 0 Å². The van der Waals surface area contributed by atoms with Crippen molar-refractivity contribution in [3.05, 3.63) is 36.4 Å². The van der Waals surface area contributed by atoms with Crippen LogP contribution in [0.1, 0.15) is 13.3 Å². The van der Waals surface area contributed by atoms with E-state index in [1.807, 2.05) is 0 Å². The van der Waals surface area contributed by atoms with Crippen LogP contribution in [0.5, 0.6) is 5.75 Å². The third kappa shape index (κ3) is 3.45. The Morgan fingerprint density at radius 3 is 2.36 bits per heavy atom. The van der Waals surface area contributed by atoms with Gasteiger partial charge in [0.1, 0.15) is 11.3 Å². The summed E-state index contributed by atoms with van der Waals surface area (Å²) in [5, 5.41) is 0. The maximum absolute atomic E-state index is 13.3. The Balaban J connectivity index is 1.85. The number of esters is 2. The van der Waals surface area contributed by atoms with Crippen LogP contribution in [0.15, 0.2) is 36.4 Å². The zero-order valence-electron chi connectivity index (χ0n) is 18.8. The van der Waals surface area contributed by atoms with E-state index < -0.39 is 47.5 Å². The molecule has 0 spiro atoms. The number of fused-ring (bicyclic) bond motifs is 3. The van der Waals surface area contributed by atoms with Gasteiger partial charge in [0.05, 0.1) is 45.9 Å². The van der Waals surface area contributed by atoms with Crippen LogP contribution in [0.2, 0.25) is 0 Å². The molecule has 0 N–H and O–H groups in total. The van der Waals surface area contributed by atoms with E-state index in [0.717, 1.165) is 0 Å². The van der Waals surface area contributed by atoms with Crippen molar-refractivity contribution >= 4 is 29.4 Å². The second kappa shape index (κ2) is 8.51. The number of amides is 2. The molecule has 33 heavy (non-hydrogen) atoms. The number of ether oxygens (including phenoxy) is 4. The molecule has 4 rings (SSSR count). The number of rotatable bonds is 4. The third-order valence-electron chi connectivity index (χ3n) is 6.65. The van der Waals surface area contributed by atoms with Crippen LogP contribution in [0, 0.1) is 5.92 Å². The van der Waals surface area contributed by atoms with Crippen LogP contribution in [-0.4, -0.2) is 80.3 Å². The van der Waals surface area contributed by atoms with Crippen molar-refractivity contribution in [3.63, 3.8) is 0 Å². The zero-order valence-corrected chi connectivity index (χ0v) is 18.8. The van der Waals surface area contributed by atoms with E-state index in [-0.39, 0.29) is 18.9 Å². The number of benzene rings is 1. The van der Waals surface area contributed by atoms with Gasteiger partial charge in [-0.3, -0.25) is 14.4 Å². The van der Waals surface area contributed by atoms with Crippen molar-refractivity contribution in [2.24, 2.45) is 5.92 Å². The van der Waals surface area contributed by atoms with Crippen molar-refractivity contribution in [3.8, 4) is 5.75 Å². The molecule has 10 nitrogen and oxygen atoms in total. The molecule has 3 aliphatic heterocycles. The number of carbonyl (C=O) groups is 4. The lowest BCUT2D eigenvalue weighted by Crippen LogP contribution is -2.74. The van der Waals surface area contributed by atoms with Gasteiger partial charge in [-0.15, -0.1) is 0 Å². The summed E-state index contributed by atoms with van der Waals surface area (Å²) in [6.07, 6.45) is 1.88. The number of methoxy groups -OCH3 is 3. The Kier molecular flexibility index (Phi) is 5.87. The lowest BCUT2D eigenvalue weighted by atomic mass is 9.82. The van der Waals surface area contributed by atoms with Crippen LogP contribution in [0.3, 0.4) is 0 Å². The molecule has 0 unspecified atom stereocenters. The first-order chi connectivity index (χ1) is 15.8. The topological polar surface area (TPSA) is 112 Å². The quantitative estimate of drug-likeness (QED) is 0.479. The molecule has 3 heterocycles. The summed E-state index contributed by atoms with van der Waals surface area (Å²) < 4.78 is 21.0. The fourth-order valence-corrected chi connectivity index (χ4v) is 5.13. The predicted octanol–water partition coefficient (Wildman–Crippen LogP) is 0.687. The highest BCUT2D eigenvalue weighted by molar-refractivity contribution is 6.06. The summed E-state index contributed by atoms with van der Waals surface area (Å²) in [7, 11) is 4.02. The van der Waals surface area contributed by atoms with Gasteiger partial charge in [-0.1, -0.05) is 6.08 Å². The first-order valence-corrected chi connectivity index (χ1v) is 10.5. The van der Waals surface area contributed by atoms with Gasteiger partial charge in [-0.05, 0) is 37.6 Å². The summed E-state index contributed by atoms with van der Waals surface area (Å²) in [6.45, 7) is 1.60. The molecule has 2 fully saturated rings. The van der Waals surface area contributed by atoms with Gasteiger partial charge in [-0.2, -0.15) is 0 Å². The minimum absolute atomic E-state index is 0.00947. The van der Waals surface area contributed by atoms with Crippen molar-refractivity contribution in [1.82, 2.24) is 4.90 Å². The number of β-lactam (4-membered cyclic amide) rings is 1. The molecular weight excluding hydrogens is 432 g/mol. The maximum Gasteiger partial charge on any atom is 0.331 e. The molecule has 0 bridgehead atoms. The molecule has 0 saturated carbocycles. The van der Waals surface area contributed by atoms with Gasteiger partial charge in [0.25, 0.3) is 5.91 Å². The van der Waals surface area contributed by atoms with E-state index in [4.69, 9.17) is 18.9 Å². The number of anilines is 1. The number of nitrogens with zero attached hydrogens (tertiary/aromatic N) is 2. The highest BCUT2D eigenvalue weighted by Crippen LogP contribution is 2.47. The fraction of sp³-hybridized carbons (Fsp3) is 0.478. The molecule has 1 aromatic carbocycles. The monoisotopic (exact) mass is 458 g/mol. The molecule has 176 valence electrons. The van der Waals surface area contributed by atoms with E-state index in [0.29, 0.717) is 11.4 Å². The largest absolute Gasteiger partial charge is 0.497 e. The molecule has 5 atom stereocenters. The maximum atomic E-state index is 13.3. The van der Waals surface area contributed by atoms with Crippen LogP contribution < -0.4 is 9.64 Å². The lowest BCUT2D eigenvalue weighted by molar-refractivity contribution is -0.161. The minimum atomic E-state index is -1.43. The highest BCUT2D eigenvalue weighted by Gasteiger charge is 2.66. The van der Waals surface area contributed by atoms with E-state index in [9.17, 15) is 19.2 Å². The van der Waals surface area contributed by atoms with E-state index in [1.165, 1.54) is 43.3 Å². The number of hydrogen-bond donors (Lipinski definition) is 0. The van der Waals surface area contributed by atoms with Gasteiger partial charge >= 0.3 is 11.9 Å². The Morgan fingerprint density at radius 2 is 1.76 bits per heavy atom. The highest BCUT2D eigenvalue weighted by atomic mass is 16.5. The SMILES string of the molecule is COC(=O)[C@H]1C[C@@](C)(C(=O)OC)N2C(=O)/C=C\CO[C@H]3C(=O)N(c4ccc(OC)cc4)[C@H]3[C@@H]12. The van der Waals surface area contributed by atoms with Crippen LogP contribution in [0.4, 0.5) is 5.69 Å². The first kappa shape index (κ1) is 22.8. The summed E-state index contributed by atoms with van der Waals surface area (Å²) >= 11 is 0. The van der Waals surface area contributed by atoms with E-state index in [2.05, 4.69) is 0 Å². The van der Waals surface area contributed by atoms with Crippen molar-refractivity contribution in [2.45, 2.75) is 37.1 Å². The molecule has 3 aliphatic rings. The smallest absolute Gasteiger partial charge is 0.331 e. The summed E-state index contributed by atoms with van der Waals surface area (Å²) in [6, 6.07) is 5.26. The summed E-state index contributed by atoms with van der Waals surface area (Å²) in [4.78, 5) is 55.0. The molecule has 2 saturated heterocycles. The van der Waals surface area contributed by atoms with Crippen molar-refractivity contribution in [1.29, 1.82) is 0 Å². The fourth-order valence-electron chi connectivity index (χ4n) is 5.13. The van der Waals surface area contributed by atoms with Gasteiger partial charge in [0.15, 0.2) is 6.10 Å². The third-order valence-corrected chi connectivity index (χ3v) is 6.65. The standard InChI is InChI=1S/C23H26N2O8/c1-23(22(29)32-4)12-15(21(28)31-3)17-18-19(33-11-5-6-16(26)25(17)23)20(27)24(18)13-7-9-14(30-2)10-8-13/h5-10,15,17-19H,11-12H2,1-4H3/b6-5-/t15-,17+,18-,19+,23-/m0/s1. The van der Waals surface area contributed by atoms with E-state index >= 15 is 0 Å². The van der Waals surface area contributed by atoms with Crippen molar-refractivity contribution in [2.75, 3.05) is 32.8 Å². The van der Waals surface area contributed by atoms with Gasteiger partial charge in [0.2, 0.25) is 5.91 Å². The zero-order chi connectivity index (χ0) is 23.9. The average molecular weight is 458 g/mol.